The van der Waals surface area contributed by atoms with E-state index >= 15 is 0 Å². The summed E-state index contributed by atoms with van der Waals surface area (Å²) in [6, 6.07) is 7.53. The molecule has 0 spiro atoms. The number of hydrogen-bond acceptors (Lipinski definition) is 4. The molecule has 5 heteroatoms. The topological polar surface area (TPSA) is 52.9 Å². The van der Waals surface area contributed by atoms with Gasteiger partial charge in [0.1, 0.15) is 0 Å². The number of hydrogen-bond donors (Lipinski definition) is 2. The van der Waals surface area contributed by atoms with Crippen molar-refractivity contribution in [3.05, 3.63) is 34.9 Å². The maximum absolute atomic E-state index is 10.1. The van der Waals surface area contributed by atoms with Gasteiger partial charge in [-0.1, -0.05) is 23.7 Å². The molecule has 1 aromatic carbocycles. The zero-order valence-corrected chi connectivity index (χ0v) is 13.2. The second kappa shape index (κ2) is 8.11. The smallest absolute Gasteiger partial charge is 0.0900 e. The Morgan fingerprint density at radius 3 is 2.76 bits per heavy atom. The minimum absolute atomic E-state index is 0.0798. The Bertz CT molecular complexity index is 426. The molecule has 2 N–H and O–H groups in total. The van der Waals surface area contributed by atoms with Gasteiger partial charge in [-0.2, -0.15) is 0 Å². The molecule has 3 atom stereocenters. The van der Waals surface area contributed by atoms with Crippen molar-refractivity contribution >= 4 is 11.6 Å². The molecule has 0 unspecified atom stereocenters. The Labute approximate surface area is 131 Å². The van der Waals surface area contributed by atoms with Gasteiger partial charge in [-0.15, -0.1) is 0 Å². The molecule has 1 aliphatic heterocycles. The van der Waals surface area contributed by atoms with Crippen LogP contribution in [0.15, 0.2) is 24.3 Å². The number of halogens is 1. The van der Waals surface area contributed by atoms with E-state index in [4.69, 9.17) is 16.3 Å². The van der Waals surface area contributed by atoms with Crippen LogP contribution < -0.4 is 0 Å². The van der Waals surface area contributed by atoms with Gasteiger partial charge in [0.25, 0.3) is 0 Å². The Balaban J connectivity index is 1.72. The van der Waals surface area contributed by atoms with Crippen molar-refractivity contribution in [2.24, 2.45) is 0 Å². The molecule has 21 heavy (non-hydrogen) atoms. The van der Waals surface area contributed by atoms with Gasteiger partial charge in [0.15, 0.2) is 0 Å². The number of rotatable bonds is 6. The quantitative estimate of drug-likeness (QED) is 0.845. The van der Waals surface area contributed by atoms with Crippen LogP contribution in [0, 0.1) is 0 Å². The predicted octanol–water partition coefficient (Wildman–Crippen LogP) is 2.24. The van der Waals surface area contributed by atoms with Crippen molar-refractivity contribution in [2.75, 3.05) is 26.2 Å². The summed E-state index contributed by atoms with van der Waals surface area (Å²) < 4.78 is 5.72. The van der Waals surface area contributed by atoms with Crippen LogP contribution in [-0.4, -0.2) is 53.6 Å². The molecule has 0 aliphatic carbocycles. The Kier molecular flexibility index (Phi) is 6.45. The average Bonchev–Trinajstić information content (AvgIpc) is 2.45. The van der Waals surface area contributed by atoms with Gasteiger partial charge in [0.2, 0.25) is 0 Å². The molecule has 1 aromatic rings. The number of aliphatic hydroxyl groups excluding tert-OH is 2. The maximum Gasteiger partial charge on any atom is 0.0900 e. The normalized spacial score (nSPS) is 23.0. The Morgan fingerprint density at radius 1 is 1.38 bits per heavy atom. The summed E-state index contributed by atoms with van der Waals surface area (Å²) in [4.78, 5) is 2.09. The van der Waals surface area contributed by atoms with E-state index in [-0.39, 0.29) is 18.8 Å². The van der Waals surface area contributed by atoms with Gasteiger partial charge >= 0.3 is 0 Å². The number of likely N-dealkylation sites (tertiary alicyclic amines) is 1. The fourth-order valence-corrected chi connectivity index (χ4v) is 2.76. The van der Waals surface area contributed by atoms with E-state index in [1.54, 1.807) is 0 Å². The lowest BCUT2D eigenvalue weighted by molar-refractivity contribution is -0.0262. The fourth-order valence-electron chi connectivity index (χ4n) is 2.63. The second-order valence-electron chi connectivity index (χ2n) is 5.74. The van der Waals surface area contributed by atoms with E-state index in [9.17, 15) is 10.2 Å². The van der Waals surface area contributed by atoms with E-state index in [1.165, 1.54) is 0 Å². The van der Waals surface area contributed by atoms with Crippen molar-refractivity contribution in [3.63, 3.8) is 0 Å². The first-order chi connectivity index (χ1) is 10.0. The minimum atomic E-state index is -0.537. The number of piperidine rings is 1. The van der Waals surface area contributed by atoms with Gasteiger partial charge in [-0.25, -0.2) is 0 Å². The summed E-state index contributed by atoms with van der Waals surface area (Å²) in [6.07, 6.45) is 0.959. The van der Waals surface area contributed by atoms with Crippen molar-refractivity contribution < 1.29 is 14.9 Å². The first-order valence-corrected chi connectivity index (χ1v) is 7.88. The highest BCUT2D eigenvalue weighted by atomic mass is 35.5. The fraction of sp³-hybridized carbons (Fsp3) is 0.625. The Morgan fingerprint density at radius 2 is 2.10 bits per heavy atom. The molecule has 1 heterocycles. The molecule has 0 amide bonds. The number of ether oxygens (including phenoxy) is 1. The van der Waals surface area contributed by atoms with Crippen LogP contribution in [0.2, 0.25) is 5.02 Å². The average molecular weight is 314 g/mol. The molecule has 0 radical (unpaired) electrons. The second-order valence-corrected chi connectivity index (χ2v) is 6.17. The monoisotopic (exact) mass is 313 g/mol. The summed E-state index contributed by atoms with van der Waals surface area (Å²) in [5.74, 6) is 0. The SMILES string of the molecule is C[C@H](OC[C@H](O)CN1CCC[C@H](O)C1)c1ccc(Cl)cc1. The van der Waals surface area contributed by atoms with Crippen LogP contribution in [0.5, 0.6) is 0 Å². The molecular formula is C16H24ClNO3. The van der Waals surface area contributed by atoms with Gasteiger partial charge in [-0.3, -0.25) is 4.90 Å². The molecular weight excluding hydrogens is 290 g/mol. The van der Waals surface area contributed by atoms with Gasteiger partial charge < -0.3 is 14.9 Å². The molecule has 0 saturated carbocycles. The van der Waals surface area contributed by atoms with E-state index in [1.807, 2.05) is 31.2 Å². The standard InChI is InChI=1S/C16H24ClNO3/c1-12(13-4-6-14(17)7-5-13)21-11-16(20)10-18-8-2-3-15(19)9-18/h4-7,12,15-16,19-20H,2-3,8-11H2,1H3/t12-,15-,16+/m0/s1. The minimum Gasteiger partial charge on any atom is -0.392 e. The van der Waals surface area contributed by atoms with Crippen molar-refractivity contribution in [1.29, 1.82) is 0 Å². The zero-order valence-electron chi connectivity index (χ0n) is 12.4. The lowest BCUT2D eigenvalue weighted by Gasteiger charge is -2.31. The van der Waals surface area contributed by atoms with Crippen LogP contribution in [0.25, 0.3) is 0 Å². The number of aliphatic hydroxyl groups is 2. The molecule has 0 bridgehead atoms. The third-order valence-electron chi connectivity index (χ3n) is 3.83. The number of nitrogens with zero attached hydrogens (tertiary/aromatic N) is 1. The third-order valence-corrected chi connectivity index (χ3v) is 4.08. The first kappa shape index (κ1) is 16.7. The van der Waals surface area contributed by atoms with Crippen molar-refractivity contribution in [3.8, 4) is 0 Å². The van der Waals surface area contributed by atoms with Crippen LogP contribution >= 0.6 is 11.6 Å². The molecule has 2 rings (SSSR count). The van der Waals surface area contributed by atoms with Crippen molar-refractivity contribution in [1.82, 2.24) is 4.90 Å². The van der Waals surface area contributed by atoms with Crippen LogP contribution in [0.4, 0.5) is 0 Å². The number of β-amino-alcohol motifs (C(OH)–C–C–N with tert-alkyl or cyclic N) is 2. The molecule has 1 saturated heterocycles. The Hall–Kier alpha value is -0.650. The van der Waals surface area contributed by atoms with Gasteiger partial charge in [0, 0.05) is 18.1 Å². The predicted molar refractivity (Wildman–Crippen MR) is 83.5 cm³/mol. The highest BCUT2D eigenvalue weighted by Gasteiger charge is 2.20. The summed E-state index contributed by atoms with van der Waals surface area (Å²) in [5.41, 5.74) is 1.04. The van der Waals surface area contributed by atoms with Crippen LogP contribution in [-0.2, 0) is 4.74 Å². The molecule has 4 nitrogen and oxygen atoms in total. The van der Waals surface area contributed by atoms with E-state index < -0.39 is 6.10 Å². The molecule has 0 aromatic heterocycles. The summed E-state index contributed by atoms with van der Waals surface area (Å²) in [7, 11) is 0. The zero-order chi connectivity index (χ0) is 15.2. The molecule has 118 valence electrons. The van der Waals surface area contributed by atoms with Crippen molar-refractivity contribution in [2.45, 2.75) is 38.1 Å². The summed E-state index contributed by atoms with van der Waals surface area (Å²) in [5, 5.41) is 20.4. The summed E-state index contributed by atoms with van der Waals surface area (Å²) in [6.45, 7) is 4.37. The molecule has 1 fully saturated rings. The highest BCUT2D eigenvalue weighted by Crippen LogP contribution is 2.19. The maximum atomic E-state index is 10.1. The number of benzene rings is 1. The van der Waals surface area contributed by atoms with E-state index in [0.717, 1.165) is 24.9 Å². The lowest BCUT2D eigenvalue weighted by Crippen LogP contribution is -2.43. The van der Waals surface area contributed by atoms with Crippen LogP contribution in [0.3, 0.4) is 0 Å². The van der Waals surface area contributed by atoms with E-state index in [0.29, 0.717) is 18.1 Å². The first-order valence-electron chi connectivity index (χ1n) is 7.50. The van der Waals surface area contributed by atoms with Gasteiger partial charge in [0.05, 0.1) is 24.9 Å². The summed E-state index contributed by atoms with van der Waals surface area (Å²) >= 11 is 5.86. The highest BCUT2D eigenvalue weighted by molar-refractivity contribution is 6.30. The van der Waals surface area contributed by atoms with E-state index in [2.05, 4.69) is 4.90 Å². The van der Waals surface area contributed by atoms with Gasteiger partial charge in [-0.05, 0) is 44.0 Å². The largest absolute Gasteiger partial charge is 0.392 e. The molecule has 1 aliphatic rings. The lowest BCUT2D eigenvalue weighted by atomic mass is 10.1. The van der Waals surface area contributed by atoms with Crippen LogP contribution in [0.1, 0.15) is 31.4 Å². The third kappa shape index (κ3) is 5.57.